The Kier molecular flexibility index (Phi) is 7.65. The van der Waals surface area contributed by atoms with Crippen molar-refractivity contribution in [3.63, 3.8) is 0 Å². The number of hydrogen-bond donors (Lipinski definition) is 3. The number of aryl methyl sites for hydroxylation is 1. The summed E-state index contributed by atoms with van der Waals surface area (Å²) in [7, 11) is 0. The summed E-state index contributed by atoms with van der Waals surface area (Å²) in [6, 6.07) is 29.2. The standard InChI is InChI=1S/C28H24ClN3O3/c1-19-17-23(15-16-25(19)29)35-18-27(33)32-26-10-6-5-9-24(26)28(34)31-22-13-11-21(12-14-22)30-20-7-3-2-4-8-20/h2-17,30H,18H2,1H3,(H,31,34)(H,32,33). The third kappa shape index (κ3) is 6.62. The number of halogens is 1. The number of carbonyl (C=O) groups excluding carboxylic acids is 2. The molecule has 4 aromatic carbocycles. The smallest absolute Gasteiger partial charge is 0.262 e. The average molecular weight is 486 g/mol. The highest BCUT2D eigenvalue weighted by Crippen LogP contribution is 2.22. The summed E-state index contributed by atoms with van der Waals surface area (Å²) in [4.78, 5) is 25.4. The number of carbonyl (C=O) groups is 2. The van der Waals surface area contributed by atoms with Crippen LogP contribution in [0.2, 0.25) is 5.02 Å². The van der Waals surface area contributed by atoms with E-state index in [1.807, 2.05) is 61.5 Å². The third-order valence-corrected chi connectivity index (χ3v) is 5.57. The number of hydrogen-bond acceptors (Lipinski definition) is 4. The van der Waals surface area contributed by atoms with Gasteiger partial charge in [-0.1, -0.05) is 41.9 Å². The molecule has 0 saturated carbocycles. The zero-order chi connectivity index (χ0) is 24.6. The number of benzene rings is 4. The van der Waals surface area contributed by atoms with Crippen LogP contribution < -0.4 is 20.7 Å². The van der Waals surface area contributed by atoms with Gasteiger partial charge in [0.25, 0.3) is 11.8 Å². The van der Waals surface area contributed by atoms with Crippen LogP contribution in [0.25, 0.3) is 0 Å². The first-order chi connectivity index (χ1) is 17.0. The molecule has 0 saturated heterocycles. The van der Waals surface area contributed by atoms with Crippen molar-refractivity contribution in [1.82, 2.24) is 0 Å². The fraction of sp³-hybridized carbons (Fsp3) is 0.0714. The van der Waals surface area contributed by atoms with E-state index in [-0.39, 0.29) is 18.4 Å². The lowest BCUT2D eigenvalue weighted by molar-refractivity contribution is -0.118. The first kappa shape index (κ1) is 23.9. The summed E-state index contributed by atoms with van der Waals surface area (Å²) >= 11 is 6.02. The lowest BCUT2D eigenvalue weighted by atomic mass is 10.1. The molecule has 0 fully saturated rings. The molecule has 0 atom stereocenters. The molecule has 0 spiro atoms. The molecule has 176 valence electrons. The van der Waals surface area contributed by atoms with Crippen molar-refractivity contribution < 1.29 is 14.3 Å². The van der Waals surface area contributed by atoms with Crippen LogP contribution in [0, 0.1) is 6.92 Å². The molecule has 2 amide bonds. The van der Waals surface area contributed by atoms with E-state index in [0.717, 1.165) is 16.9 Å². The van der Waals surface area contributed by atoms with Gasteiger partial charge in [0.05, 0.1) is 11.3 Å². The topological polar surface area (TPSA) is 79.5 Å². The molecular formula is C28H24ClN3O3. The fourth-order valence-corrected chi connectivity index (χ4v) is 3.47. The highest BCUT2D eigenvalue weighted by molar-refractivity contribution is 6.31. The van der Waals surface area contributed by atoms with Gasteiger partial charge in [0.15, 0.2) is 6.61 Å². The van der Waals surface area contributed by atoms with Crippen LogP contribution in [0.5, 0.6) is 5.75 Å². The first-order valence-electron chi connectivity index (χ1n) is 11.0. The van der Waals surface area contributed by atoms with Crippen molar-refractivity contribution >= 4 is 46.2 Å². The Bertz CT molecular complexity index is 1330. The molecule has 0 unspecified atom stereocenters. The second-order valence-electron chi connectivity index (χ2n) is 7.82. The molecule has 0 heterocycles. The molecule has 0 aliphatic rings. The second kappa shape index (κ2) is 11.2. The van der Waals surface area contributed by atoms with Crippen molar-refractivity contribution in [2.75, 3.05) is 22.6 Å². The van der Waals surface area contributed by atoms with Gasteiger partial charge in [-0.2, -0.15) is 0 Å². The maximum absolute atomic E-state index is 12.9. The SMILES string of the molecule is Cc1cc(OCC(=O)Nc2ccccc2C(=O)Nc2ccc(Nc3ccccc3)cc2)ccc1Cl. The normalized spacial score (nSPS) is 10.3. The van der Waals surface area contributed by atoms with Crippen molar-refractivity contribution in [3.05, 3.63) is 113 Å². The van der Waals surface area contributed by atoms with E-state index in [0.29, 0.717) is 27.7 Å². The number of ether oxygens (including phenoxy) is 1. The van der Waals surface area contributed by atoms with Crippen molar-refractivity contribution in [1.29, 1.82) is 0 Å². The van der Waals surface area contributed by atoms with E-state index in [2.05, 4.69) is 16.0 Å². The van der Waals surface area contributed by atoms with E-state index >= 15 is 0 Å². The van der Waals surface area contributed by atoms with Crippen LogP contribution >= 0.6 is 11.6 Å². The molecular weight excluding hydrogens is 462 g/mol. The van der Waals surface area contributed by atoms with Crippen molar-refractivity contribution in [2.24, 2.45) is 0 Å². The van der Waals surface area contributed by atoms with Gasteiger partial charge in [-0.05, 0) is 79.2 Å². The van der Waals surface area contributed by atoms with Gasteiger partial charge in [0.2, 0.25) is 0 Å². The number of nitrogens with one attached hydrogen (secondary N) is 3. The van der Waals surface area contributed by atoms with Gasteiger partial charge in [-0.25, -0.2) is 0 Å². The summed E-state index contributed by atoms with van der Waals surface area (Å²) in [5.41, 5.74) is 4.11. The van der Waals surface area contributed by atoms with E-state index in [9.17, 15) is 9.59 Å². The first-order valence-corrected chi connectivity index (χ1v) is 11.4. The van der Waals surface area contributed by atoms with Crippen LogP contribution in [0.1, 0.15) is 15.9 Å². The highest BCUT2D eigenvalue weighted by Gasteiger charge is 2.14. The number of rotatable bonds is 8. The largest absolute Gasteiger partial charge is 0.484 e. The maximum Gasteiger partial charge on any atom is 0.262 e. The molecule has 0 aliphatic carbocycles. The Morgan fingerprint density at radius 1 is 0.771 bits per heavy atom. The van der Waals surface area contributed by atoms with Crippen LogP contribution in [0.15, 0.2) is 97.1 Å². The molecule has 0 aliphatic heterocycles. The predicted molar refractivity (Wildman–Crippen MR) is 141 cm³/mol. The fourth-order valence-electron chi connectivity index (χ4n) is 3.36. The Balaban J connectivity index is 1.36. The Labute approximate surface area is 208 Å². The molecule has 0 radical (unpaired) electrons. The number of amides is 2. The van der Waals surface area contributed by atoms with Gasteiger partial charge >= 0.3 is 0 Å². The lowest BCUT2D eigenvalue weighted by Gasteiger charge is -2.13. The van der Waals surface area contributed by atoms with Crippen molar-refractivity contribution in [3.8, 4) is 5.75 Å². The van der Waals surface area contributed by atoms with Crippen LogP contribution in [0.3, 0.4) is 0 Å². The minimum Gasteiger partial charge on any atom is -0.484 e. The zero-order valence-corrected chi connectivity index (χ0v) is 19.8. The predicted octanol–water partition coefficient (Wildman–Crippen LogP) is 6.66. The van der Waals surface area contributed by atoms with Gasteiger partial charge in [0, 0.05) is 22.1 Å². The minimum absolute atomic E-state index is 0.201. The summed E-state index contributed by atoms with van der Waals surface area (Å²) in [6.45, 7) is 1.66. The molecule has 35 heavy (non-hydrogen) atoms. The van der Waals surface area contributed by atoms with Gasteiger partial charge in [-0.3, -0.25) is 9.59 Å². The molecule has 0 bridgehead atoms. The molecule has 0 aromatic heterocycles. The molecule has 6 nitrogen and oxygen atoms in total. The van der Waals surface area contributed by atoms with Crippen LogP contribution in [-0.2, 0) is 4.79 Å². The number of anilines is 4. The van der Waals surface area contributed by atoms with Crippen LogP contribution in [0.4, 0.5) is 22.7 Å². The van der Waals surface area contributed by atoms with E-state index < -0.39 is 0 Å². The summed E-state index contributed by atoms with van der Waals surface area (Å²) < 4.78 is 5.55. The monoisotopic (exact) mass is 485 g/mol. The van der Waals surface area contributed by atoms with Crippen LogP contribution in [-0.4, -0.2) is 18.4 Å². The summed E-state index contributed by atoms with van der Waals surface area (Å²) in [5.74, 6) is -0.175. The Hall–Kier alpha value is -4.29. The molecule has 4 aromatic rings. The Morgan fingerprint density at radius 2 is 1.43 bits per heavy atom. The van der Waals surface area contributed by atoms with E-state index in [1.54, 1.807) is 42.5 Å². The maximum atomic E-state index is 12.9. The Morgan fingerprint density at radius 3 is 2.17 bits per heavy atom. The molecule has 3 N–H and O–H groups in total. The summed E-state index contributed by atoms with van der Waals surface area (Å²) in [5, 5.41) is 9.55. The van der Waals surface area contributed by atoms with Gasteiger partial charge < -0.3 is 20.7 Å². The van der Waals surface area contributed by atoms with Gasteiger partial charge in [0.1, 0.15) is 5.75 Å². The minimum atomic E-state index is -0.380. The third-order valence-electron chi connectivity index (χ3n) is 5.15. The van der Waals surface area contributed by atoms with Gasteiger partial charge in [-0.15, -0.1) is 0 Å². The second-order valence-corrected chi connectivity index (χ2v) is 8.22. The molecule has 4 rings (SSSR count). The van der Waals surface area contributed by atoms with E-state index in [4.69, 9.17) is 16.3 Å². The average Bonchev–Trinajstić information content (AvgIpc) is 2.87. The number of para-hydroxylation sites is 2. The van der Waals surface area contributed by atoms with Crippen molar-refractivity contribution in [2.45, 2.75) is 6.92 Å². The van der Waals surface area contributed by atoms with E-state index in [1.165, 1.54) is 0 Å². The summed E-state index contributed by atoms with van der Waals surface area (Å²) in [6.07, 6.45) is 0. The zero-order valence-electron chi connectivity index (χ0n) is 19.0. The highest BCUT2D eigenvalue weighted by atomic mass is 35.5. The molecule has 7 heteroatoms. The quantitative estimate of drug-likeness (QED) is 0.260. The lowest BCUT2D eigenvalue weighted by Crippen LogP contribution is -2.22.